The first-order valence-electron chi connectivity index (χ1n) is 12.9. The Kier molecular flexibility index (Phi) is 5.82. The summed E-state index contributed by atoms with van der Waals surface area (Å²) < 4.78 is 15.2. The molecule has 0 saturated carbocycles. The van der Waals surface area contributed by atoms with Crippen LogP contribution in [0.3, 0.4) is 0 Å². The van der Waals surface area contributed by atoms with Crippen molar-refractivity contribution >= 4 is 28.3 Å². The SMILES string of the molecule is Cc1nnc2c(N[C@@H]3CCOC3)nc(-c3nc4cnc(N5CCOCC5)cc4n3Cc3ccccn3)cn12. The van der Waals surface area contributed by atoms with Crippen molar-refractivity contribution in [2.45, 2.75) is 25.9 Å². The number of morpholine rings is 1. The lowest BCUT2D eigenvalue weighted by atomic mass is 10.2. The minimum absolute atomic E-state index is 0.172. The van der Waals surface area contributed by atoms with E-state index >= 15 is 0 Å². The molecule has 7 rings (SSSR count). The Balaban J connectivity index is 1.39. The van der Waals surface area contributed by atoms with Crippen LogP contribution >= 0.6 is 0 Å². The highest BCUT2D eigenvalue weighted by Crippen LogP contribution is 2.29. The summed E-state index contributed by atoms with van der Waals surface area (Å²) >= 11 is 0. The minimum atomic E-state index is 0.172. The Morgan fingerprint density at radius 2 is 1.97 bits per heavy atom. The van der Waals surface area contributed by atoms with Crippen LogP contribution in [0.4, 0.5) is 11.6 Å². The van der Waals surface area contributed by atoms with Crippen LogP contribution in [0, 0.1) is 6.92 Å². The fourth-order valence-corrected chi connectivity index (χ4v) is 5.05. The molecule has 0 amide bonds. The molecule has 0 aliphatic carbocycles. The summed E-state index contributed by atoms with van der Waals surface area (Å²) in [4.78, 5) is 21.6. The van der Waals surface area contributed by atoms with E-state index in [0.29, 0.717) is 43.5 Å². The summed E-state index contributed by atoms with van der Waals surface area (Å²) in [5.74, 6) is 3.09. The number of nitrogens with zero attached hydrogens (tertiary/aromatic N) is 9. The van der Waals surface area contributed by atoms with Gasteiger partial charge in [-0.05, 0) is 25.5 Å². The van der Waals surface area contributed by atoms with Gasteiger partial charge in [0.25, 0.3) is 0 Å². The molecular formula is C26H28N10O2. The first kappa shape index (κ1) is 23.0. The Morgan fingerprint density at radius 3 is 2.79 bits per heavy atom. The topological polar surface area (TPSA) is 120 Å². The number of ether oxygens (including phenoxy) is 2. The quantitative estimate of drug-likeness (QED) is 0.363. The van der Waals surface area contributed by atoms with Crippen LogP contribution in [0.5, 0.6) is 0 Å². The Labute approximate surface area is 218 Å². The summed E-state index contributed by atoms with van der Waals surface area (Å²) in [6.07, 6.45) is 6.52. The van der Waals surface area contributed by atoms with Gasteiger partial charge >= 0.3 is 0 Å². The van der Waals surface area contributed by atoms with Gasteiger partial charge in [0.1, 0.15) is 22.9 Å². The summed E-state index contributed by atoms with van der Waals surface area (Å²) in [5, 5.41) is 12.2. The molecule has 0 radical (unpaired) electrons. The molecule has 2 saturated heterocycles. The minimum Gasteiger partial charge on any atom is -0.379 e. The molecule has 2 aliphatic heterocycles. The Morgan fingerprint density at radius 1 is 1.05 bits per heavy atom. The van der Waals surface area contributed by atoms with Crippen molar-refractivity contribution in [3.63, 3.8) is 0 Å². The average Bonchev–Trinajstić information content (AvgIpc) is 3.69. The number of hydrogen-bond acceptors (Lipinski definition) is 10. The van der Waals surface area contributed by atoms with Crippen molar-refractivity contribution in [3.8, 4) is 11.5 Å². The van der Waals surface area contributed by atoms with E-state index in [4.69, 9.17) is 24.4 Å². The average molecular weight is 513 g/mol. The molecule has 5 aromatic rings. The predicted molar refractivity (Wildman–Crippen MR) is 141 cm³/mol. The van der Waals surface area contributed by atoms with E-state index in [1.54, 1.807) is 0 Å². The van der Waals surface area contributed by atoms with Crippen LogP contribution in [0.2, 0.25) is 0 Å². The van der Waals surface area contributed by atoms with Gasteiger partial charge in [-0.1, -0.05) is 6.07 Å². The molecular weight excluding hydrogens is 484 g/mol. The van der Waals surface area contributed by atoms with Gasteiger partial charge in [-0.2, -0.15) is 0 Å². The lowest BCUT2D eigenvalue weighted by Crippen LogP contribution is -2.36. The zero-order valence-corrected chi connectivity index (χ0v) is 21.1. The molecule has 0 aromatic carbocycles. The van der Waals surface area contributed by atoms with Crippen molar-refractivity contribution in [1.82, 2.24) is 39.1 Å². The van der Waals surface area contributed by atoms with Crippen LogP contribution in [0.15, 0.2) is 42.9 Å². The maximum atomic E-state index is 5.57. The van der Waals surface area contributed by atoms with Gasteiger partial charge in [0, 0.05) is 38.2 Å². The third-order valence-electron chi connectivity index (χ3n) is 7.06. The lowest BCUT2D eigenvalue weighted by Gasteiger charge is -2.27. The molecule has 2 aliphatic rings. The summed E-state index contributed by atoms with van der Waals surface area (Å²) in [7, 11) is 0. The van der Waals surface area contributed by atoms with Crippen LogP contribution in [-0.2, 0) is 16.0 Å². The van der Waals surface area contributed by atoms with Crippen LogP contribution in [0.1, 0.15) is 17.9 Å². The second-order valence-corrected chi connectivity index (χ2v) is 9.59. The first-order chi connectivity index (χ1) is 18.7. The molecule has 2 fully saturated rings. The highest BCUT2D eigenvalue weighted by atomic mass is 16.5. The van der Waals surface area contributed by atoms with Gasteiger partial charge in [0.2, 0.25) is 5.65 Å². The van der Waals surface area contributed by atoms with Gasteiger partial charge in [-0.3, -0.25) is 9.38 Å². The fourth-order valence-electron chi connectivity index (χ4n) is 5.05. The number of anilines is 2. The van der Waals surface area contributed by atoms with Crippen molar-refractivity contribution in [3.05, 3.63) is 54.4 Å². The third-order valence-corrected chi connectivity index (χ3v) is 7.06. The van der Waals surface area contributed by atoms with Crippen LogP contribution in [0.25, 0.3) is 28.2 Å². The number of fused-ring (bicyclic) bond motifs is 2. The largest absolute Gasteiger partial charge is 0.379 e. The van der Waals surface area contributed by atoms with Gasteiger partial charge in [0.15, 0.2) is 11.6 Å². The number of aromatic nitrogens is 8. The first-order valence-corrected chi connectivity index (χ1v) is 12.9. The van der Waals surface area contributed by atoms with E-state index < -0.39 is 0 Å². The smallest absolute Gasteiger partial charge is 0.203 e. The maximum absolute atomic E-state index is 5.57. The standard InChI is InChI=1S/C26H28N10O2/c1-17-32-33-26-24(29-19-5-9-38-16-19)30-21(15-35(17)26)25-31-20-13-28-23(34-7-10-37-11-8-34)12-22(20)36(25)14-18-4-2-3-6-27-18/h2-4,6,12-13,15,19H,5,7-11,14,16H2,1H3,(H,29,30)/t19-/m1/s1. The molecule has 12 nitrogen and oxygen atoms in total. The molecule has 0 spiro atoms. The maximum Gasteiger partial charge on any atom is 0.203 e. The molecule has 38 heavy (non-hydrogen) atoms. The van der Waals surface area contributed by atoms with Crippen molar-refractivity contribution in [2.24, 2.45) is 0 Å². The molecule has 7 heterocycles. The van der Waals surface area contributed by atoms with E-state index in [-0.39, 0.29) is 6.04 Å². The van der Waals surface area contributed by atoms with E-state index in [1.165, 1.54) is 0 Å². The number of hydrogen-bond donors (Lipinski definition) is 1. The third kappa shape index (κ3) is 4.21. The Bertz CT molecular complexity index is 1590. The molecule has 194 valence electrons. The molecule has 1 atom stereocenters. The number of rotatable bonds is 6. The molecule has 1 N–H and O–H groups in total. The second-order valence-electron chi connectivity index (χ2n) is 9.59. The second kappa shape index (κ2) is 9.62. The lowest BCUT2D eigenvalue weighted by molar-refractivity contribution is 0.122. The van der Waals surface area contributed by atoms with Crippen LogP contribution < -0.4 is 10.2 Å². The number of imidazole rings is 1. The monoisotopic (exact) mass is 512 g/mol. The highest BCUT2D eigenvalue weighted by Gasteiger charge is 2.23. The van der Waals surface area contributed by atoms with Crippen molar-refractivity contribution in [2.75, 3.05) is 49.7 Å². The van der Waals surface area contributed by atoms with Gasteiger partial charge < -0.3 is 24.3 Å². The van der Waals surface area contributed by atoms with E-state index in [1.807, 2.05) is 48.1 Å². The predicted octanol–water partition coefficient (Wildman–Crippen LogP) is 2.33. The molecule has 5 aromatic heterocycles. The van der Waals surface area contributed by atoms with E-state index in [9.17, 15) is 0 Å². The summed E-state index contributed by atoms with van der Waals surface area (Å²) in [6.45, 7) is 6.86. The normalized spacial score (nSPS) is 18.0. The zero-order chi connectivity index (χ0) is 25.5. The van der Waals surface area contributed by atoms with E-state index in [2.05, 4.69) is 36.0 Å². The Hall–Kier alpha value is -4.16. The highest BCUT2D eigenvalue weighted by molar-refractivity contribution is 5.82. The van der Waals surface area contributed by atoms with E-state index in [0.717, 1.165) is 60.3 Å². The fraction of sp³-hybridized carbons (Fsp3) is 0.385. The van der Waals surface area contributed by atoms with Crippen LogP contribution in [-0.4, -0.2) is 84.7 Å². The summed E-state index contributed by atoms with van der Waals surface area (Å²) in [5.41, 5.74) is 4.10. The molecule has 0 bridgehead atoms. The van der Waals surface area contributed by atoms with Gasteiger partial charge in [-0.25, -0.2) is 15.0 Å². The van der Waals surface area contributed by atoms with Crippen molar-refractivity contribution in [1.29, 1.82) is 0 Å². The van der Waals surface area contributed by atoms with Crippen molar-refractivity contribution < 1.29 is 9.47 Å². The number of nitrogens with one attached hydrogen (secondary N) is 1. The molecule has 12 heteroatoms. The number of aryl methyl sites for hydroxylation is 1. The molecule has 0 unspecified atom stereocenters. The number of pyridine rings is 2. The van der Waals surface area contributed by atoms with Gasteiger partial charge in [-0.15, -0.1) is 10.2 Å². The van der Waals surface area contributed by atoms with Gasteiger partial charge in [0.05, 0.1) is 49.8 Å². The zero-order valence-electron chi connectivity index (χ0n) is 21.1. The summed E-state index contributed by atoms with van der Waals surface area (Å²) in [6, 6.07) is 8.22.